The van der Waals surface area contributed by atoms with E-state index in [4.69, 9.17) is 16.7 Å². The van der Waals surface area contributed by atoms with E-state index < -0.39 is 16.1 Å². The molecule has 1 amide bonds. The molecule has 0 saturated carbocycles. The van der Waals surface area contributed by atoms with Crippen LogP contribution < -0.4 is 0 Å². The summed E-state index contributed by atoms with van der Waals surface area (Å²) >= 11 is 5.61. The van der Waals surface area contributed by atoms with Crippen LogP contribution in [0.2, 0.25) is 5.15 Å². The lowest BCUT2D eigenvalue weighted by atomic mass is 10.4. The maximum absolute atomic E-state index is 12.3. The van der Waals surface area contributed by atoms with Crippen LogP contribution in [-0.4, -0.2) is 60.0 Å². The van der Waals surface area contributed by atoms with Gasteiger partial charge in [0.15, 0.2) is 0 Å². The van der Waals surface area contributed by atoms with Gasteiger partial charge in [-0.1, -0.05) is 11.6 Å². The first-order valence-corrected chi connectivity index (χ1v) is 7.32. The Hall–Kier alpha value is -1.38. The molecule has 0 unspecified atom stereocenters. The average Bonchev–Trinajstić information content (AvgIpc) is 2.39. The van der Waals surface area contributed by atoms with Gasteiger partial charge in [-0.2, -0.15) is 4.31 Å². The summed E-state index contributed by atoms with van der Waals surface area (Å²) in [6, 6.07) is 2.79. The van der Waals surface area contributed by atoms with Gasteiger partial charge in [0.25, 0.3) is 0 Å². The third-order valence-corrected chi connectivity index (χ3v) is 4.95. The van der Waals surface area contributed by atoms with Crippen molar-refractivity contribution in [3.63, 3.8) is 0 Å². The molecule has 2 heterocycles. The molecule has 104 valence electrons. The van der Waals surface area contributed by atoms with E-state index in [9.17, 15) is 13.2 Å². The molecule has 9 heteroatoms. The molecule has 0 radical (unpaired) electrons. The van der Waals surface area contributed by atoms with Crippen molar-refractivity contribution in [3.05, 3.63) is 23.5 Å². The molecule has 1 aromatic rings. The highest BCUT2D eigenvalue weighted by Crippen LogP contribution is 2.18. The molecule has 0 aliphatic carbocycles. The minimum absolute atomic E-state index is 0.0562. The summed E-state index contributed by atoms with van der Waals surface area (Å²) in [6.07, 6.45) is 0.159. The smallest absolute Gasteiger partial charge is 0.407 e. The minimum atomic E-state index is -3.64. The maximum Gasteiger partial charge on any atom is 0.407 e. The Morgan fingerprint density at radius 3 is 2.37 bits per heavy atom. The second-order valence-corrected chi connectivity index (χ2v) is 6.32. The van der Waals surface area contributed by atoms with Crippen LogP contribution in [0.15, 0.2) is 23.2 Å². The second-order valence-electron chi connectivity index (χ2n) is 3.99. The summed E-state index contributed by atoms with van der Waals surface area (Å²) in [5, 5.41) is 9.03. The number of halogens is 1. The van der Waals surface area contributed by atoms with E-state index in [2.05, 4.69) is 4.98 Å². The summed E-state index contributed by atoms with van der Waals surface area (Å²) in [6.45, 7) is 0.597. The first-order chi connectivity index (χ1) is 8.91. The van der Waals surface area contributed by atoms with Crippen molar-refractivity contribution in [2.45, 2.75) is 4.90 Å². The number of rotatable bonds is 2. The van der Waals surface area contributed by atoms with Gasteiger partial charge in [-0.3, -0.25) is 0 Å². The fourth-order valence-electron chi connectivity index (χ4n) is 1.78. The Balaban J connectivity index is 2.14. The number of nitrogens with zero attached hydrogens (tertiary/aromatic N) is 3. The van der Waals surface area contributed by atoms with Crippen LogP contribution in [0.25, 0.3) is 0 Å². The number of amides is 1. The minimum Gasteiger partial charge on any atom is -0.465 e. The zero-order valence-corrected chi connectivity index (χ0v) is 11.4. The predicted octanol–water partition coefficient (Wildman–Crippen LogP) is 0.719. The summed E-state index contributed by atoms with van der Waals surface area (Å²) in [4.78, 5) is 15.7. The molecule has 1 aliphatic rings. The highest BCUT2D eigenvalue weighted by atomic mass is 35.5. The van der Waals surface area contributed by atoms with Crippen LogP contribution in [0.1, 0.15) is 0 Å². The van der Waals surface area contributed by atoms with Crippen molar-refractivity contribution in [2.75, 3.05) is 26.2 Å². The van der Waals surface area contributed by atoms with Crippen molar-refractivity contribution >= 4 is 27.7 Å². The number of carbonyl (C=O) groups is 1. The maximum atomic E-state index is 12.3. The quantitative estimate of drug-likeness (QED) is 0.813. The first kappa shape index (κ1) is 14.0. The normalized spacial score (nSPS) is 17.4. The van der Waals surface area contributed by atoms with Gasteiger partial charge < -0.3 is 10.0 Å². The molecule has 2 rings (SSSR count). The van der Waals surface area contributed by atoms with E-state index >= 15 is 0 Å². The SMILES string of the molecule is O=C(O)N1CCN(S(=O)(=O)c2ccc(Cl)nc2)CC1. The largest absolute Gasteiger partial charge is 0.465 e. The number of hydrogen-bond acceptors (Lipinski definition) is 4. The van der Waals surface area contributed by atoms with E-state index in [0.717, 1.165) is 0 Å². The number of aromatic nitrogens is 1. The Morgan fingerprint density at radius 2 is 1.89 bits per heavy atom. The molecule has 19 heavy (non-hydrogen) atoms. The fourth-order valence-corrected chi connectivity index (χ4v) is 3.26. The Bertz CT molecular complexity index is 567. The third kappa shape index (κ3) is 2.96. The van der Waals surface area contributed by atoms with Gasteiger partial charge in [0.05, 0.1) is 0 Å². The topological polar surface area (TPSA) is 90.8 Å². The summed E-state index contributed by atoms with van der Waals surface area (Å²) in [7, 11) is -3.64. The van der Waals surface area contributed by atoms with E-state index in [-0.39, 0.29) is 36.2 Å². The van der Waals surface area contributed by atoms with Crippen molar-refractivity contribution in [1.29, 1.82) is 0 Å². The van der Waals surface area contributed by atoms with Gasteiger partial charge in [0.1, 0.15) is 10.0 Å². The van der Waals surface area contributed by atoms with Crippen LogP contribution in [0.4, 0.5) is 4.79 Å². The number of hydrogen-bond donors (Lipinski definition) is 1. The summed E-state index contributed by atoms with van der Waals surface area (Å²) in [5.41, 5.74) is 0. The molecule has 1 aliphatic heterocycles. The Kier molecular flexibility index (Phi) is 3.93. The molecule has 1 fully saturated rings. The van der Waals surface area contributed by atoms with Gasteiger partial charge in [-0.05, 0) is 12.1 Å². The van der Waals surface area contributed by atoms with Crippen LogP contribution in [-0.2, 0) is 10.0 Å². The molecule has 1 N–H and O–H groups in total. The van der Waals surface area contributed by atoms with Gasteiger partial charge in [0, 0.05) is 32.4 Å². The molecule has 0 atom stereocenters. The van der Waals surface area contributed by atoms with Gasteiger partial charge in [-0.25, -0.2) is 18.2 Å². The number of piperazine rings is 1. The van der Waals surface area contributed by atoms with Crippen molar-refractivity contribution in [1.82, 2.24) is 14.2 Å². The van der Waals surface area contributed by atoms with E-state index in [1.807, 2.05) is 0 Å². The zero-order valence-electron chi connectivity index (χ0n) is 9.86. The van der Waals surface area contributed by atoms with Crippen LogP contribution >= 0.6 is 11.6 Å². The van der Waals surface area contributed by atoms with E-state index in [1.54, 1.807) is 0 Å². The van der Waals surface area contributed by atoms with Crippen LogP contribution in [0.3, 0.4) is 0 Å². The molecule has 0 bridgehead atoms. The lowest BCUT2D eigenvalue weighted by Gasteiger charge is -2.32. The molecular weight excluding hydrogens is 294 g/mol. The Labute approximate surface area is 115 Å². The lowest BCUT2D eigenvalue weighted by Crippen LogP contribution is -2.50. The van der Waals surface area contributed by atoms with Crippen molar-refractivity contribution in [2.24, 2.45) is 0 Å². The zero-order chi connectivity index (χ0) is 14.0. The molecule has 0 aromatic carbocycles. The number of carboxylic acid groups (broad SMARTS) is 1. The van der Waals surface area contributed by atoms with E-state index in [1.165, 1.54) is 27.5 Å². The van der Waals surface area contributed by atoms with Gasteiger partial charge >= 0.3 is 6.09 Å². The van der Waals surface area contributed by atoms with E-state index in [0.29, 0.717) is 0 Å². The van der Waals surface area contributed by atoms with Gasteiger partial charge in [0.2, 0.25) is 10.0 Å². The first-order valence-electron chi connectivity index (χ1n) is 5.51. The summed E-state index contributed by atoms with van der Waals surface area (Å²) in [5.74, 6) is 0. The van der Waals surface area contributed by atoms with Crippen LogP contribution in [0, 0.1) is 0 Å². The predicted molar refractivity (Wildman–Crippen MR) is 67.6 cm³/mol. The molecule has 0 spiro atoms. The van der Waals surface area contributed by atoms with Crippen LogP contribution in [0.5, 0.6) is 0 Å². The summed E-state index contributed by atoms with van der Waals surface area (Å²) < 4.78 is 25.8. The molecule has 7 nitrogen and oxygen atoms in total. The number of pyridine rings is 1. The molecule has 1 aromatic heterocycles. The molecular formula is C10H12ClN3O4S. The standard InChI is InChI=1S/C10H12ClN3O4S/c11-9-2-1-8(7-12-9)19(17,18)14-5-3-13(4-6-14)10(15)16/h1-2,7H,3-6H2,(H,15,16). The fraction of sp³-hybridized carbons (Fsp3) is 0.400. The Morgan fingerprint density at radius 1 is 1.26 bits per heavy atom. The highest BCUT2D eigenvalue weighted by molar-refractivity contribution is 7.89. The number of sulfonamides is 1. The van der Waals surface area contributed by atoms with Crippen molar-refractivity contribution < 1.29 is 18.3 Å². The third-order valence-electron chi connectivity index (χ3n) is 2.85. The highest BCUT2D eigenvalue weighted by Gasteiger charge is 2.30. The second kappa shape index (κ2) is 5.32. The average molecular weight is 306 g/mol. The van der Waals surface area contributed by atoms with Gasteiger partial charge in [-0.15, -0.1) is 0 Å². The lowest BCUT2D eigenvalue weighted by molar-refractivity contribution is 0.126. The molecule has 1 saturated heterocycles. The monoisotopic (exact) mass is 305 g/mol. The van der Waals surface area contributed by atoms with Crippen molar-refractivity contribution in [3.8, 4) is 0 Å².